The van der Waals surface area contributed by atoms with Crippen LogP contribution in [0.3, 0.4) is 0 Å². The minimum absolute atomic E-state index is 0.0358. The fourth-order valence-electron chi connectivity index (χ4n) is 3.91. The number of halogens is 1. The van der Waals surface area contributed by atoms with Crippen LogP contribution < -0.4 is 10.1 Å². The molecule has 1 aliphatic rings. The van der Waals surface area contributed by atoms with E-state index in [-0.39, 0.29) is 54.1 Å². The maximum absolute atomic E-state index is 13.6. The fraction of sp³-hybridized carbons (Fsp3) is 0.444. The topological polar surface area (TPSA) is 99.2 Å². The summed E-state index contributed by atoms with van der Waals surface area (Å²) in [7, 11) is -2.34. The van der Waals surface area contributed by atoms with Gasteiger partial charge in [-0.3, -0.25) is 0 Å². The molecule has 1 heterocycles. The molecular weight excluding hydrogens is 497 g/mol. The third-order valence-electron chi connectivity index (χ3n) is 6.08. The molecule has 8 nitrogen and oxygen atoms in total. The van der Waals surface area contributed by atoms with Gasteiger partial charge in [0, 0.05) is 42.7 Å². The molecule has 0 saturated carbocycles. The molecule has 0 bridgehead atoms. The van der Waals surface area contributed by atoms with Crippen molar-refractivity contribution in [2.45, 2.75) is 50.8 Å². The summed E-state index contributed by atoms with van der Waals surface area (Å²) in [4.78, 5) is 14.0. The molecule has 0 unspecified atom stereocenters. The van der Waals surface area contributed by atoms with Crippen molar-refractivity contribution in [3.63, 3.8) is 0 Å². The van der Waals surface area contributed by atoms with E-state index in [1.165, 1.54) is 27.4 Å². The number of benzene rings is 2. The second kappa shape index (κ2) is 11.9. The number of nitrogens with zero attached hydrogens (tertiary/aromatic N) is 2. The van der Waals surface area contributed by atoms with Gasteiger partial charge in [-0.25, -0.2) is 17.6 Å². The van der Waals surface area contributed by atoms with E-state index in [1.54, 1.807) is 38.2 Å². The molecule has 200 valence electrons. The Hall–Kier alpha value is -3.13. The van der Waals surface area contributed by atoms with Crippen molar-refractivity contribution in [2.75, 3.05) is 26.7 Å². The largest absolute Gasteiger partial charge is 0.487 e. The summed E-state index contributed by atoms with van der Waals surface area (Å²) in [5.74, 6) is 5.36. The maximum Gasteiger partial charge on any atom is 0.317 e. The lowest BCUT2D eigenvalue weighted by atomic mass is 10.0. The summed E-state index contributed by atoms with van der Waals surface area (Å²) in [6.07, 6.45) is -0.536. The van der Waals surface area contributed by atoms with E-state index in [4.69, 9.17) is 4.74 Å². The van der Waals surface area contributed by atoms with Gasteiger partial charge < -0.3 is 20.1 Å². The number of rotatable bonds is 5. The Morgan fingerprint density at radius 2 is 1.81 bits per heavy atom. The molecule has 0 aliphatic carbocycles. The van der Waals surface area contributed by atoms with Gasteiger partial charge in [0.2, 0.25) is 10.0 Å². The van der Waals surface area contributed by atoms with Crippen LogP contribution in [-0.2, 0) is 10.0 Å². The Kier molecular flexibility index (Phi) is 9.18. The van der Waals surface area contributed by atoms with E-state index < -0.39 is 22.2 Å². The first-order chi connectivity index (χ1) is 17.4. The highest BCUT2D eigenvalue weighted by Gasteiger charge is 2.38. The monoisotopic (exact) mass is 531 g/mol. The zero-order chi connectivity index (χ0) is 27.3. The number of nitrogens with one attached hydrogen (secondary N) is 1. The number of hydrogen-bond donors (Lipinski definition) is 2. The van der Waals surface area contributed by atoms with Crippen molar-refractivity contribution in [1.82, 2.24) is 14.5 Å². The molecule has 0 aromatic heterocycles. The van der Waals surface area contributed by atoms with E-state index in [0.717, 1.165) is 0 Å². The molecule has 3 rings (SSSR count). The number of aliphatic hydroxyl groups is 1. The maximum atomic E-state index is 13.6. The molecule has 37 heavy (non-hydrogen) atoms. The van der Waals surface area contributed by atoms with E-state index in [1.807, 2.05) is 20.8 Å². The van der Waals surface area contributed by atoms with Gasteiger partial charge in [-0.1, -0.05) is 18.8 Å². The molecule has 2 aromatic rings. The van der Waals surface area contributed by atoms with Crippen LogP contribution in [0.15, 0.2) is 47.4 Å². The van der Waals surface area contributed by atoms with Crippen LogP contribution in [0.2, 0.25) is 0 Å². The van der Waals surface area contributed by atoms with Crippen LogP contribution in [0.5, 0.6) is 5.75 Å². The average molecular weight is 532 g/mol. The fourth-order valence-corrected chi connectivity index (χ4v) is 5.73. The van der Waals surface area contributed by atoms with Crippen LogP contribution in [0.4, 0.5) is 9.18 Å². The molecule has 2 amide bonds. The Bertz CT molecular complexity index is 1270. The summed E-state index contributed by atoms with van der Waals surface area (Å²) in [6.45, 7) is 7.21. The number of carbonyl (C=O) groups excluding carboxylic acids is 1. The van der Waals surface area contributed by atoms with Gasteiger partial charge in [0.15, 0.2) is 0 Å². The predicted octanol–water partition coefficient (Wildman–Crippen LogP) is 3.04. The van der Waals surface area contributed by atoms with Crippen LogP contribution in [-0.4, -0.2) is 73.7 Å². The van der Waals surface area contributed by atoms with Crippen molar-refractivity contribution < 1.29 is 27.4 Å². The number of fused-ring (bicyclic) bond motifs is 1. The average Bonchev–Trinajstić information content (AvgIpc) is 2.84. The van der Waals surface area contributed by atoms with Crippen LogP contribution >= 0.6 is 0 Å². The van der Waals surface area contributed by atoms with Gasteiger partial charge in [-0.15, -0.1) is 0 Å². The molecule has 10 heteroatoms. The molecule has 0 saturated heterocycles. The SMILES string of the molecule is CC(C)NC(=O)N(C)C[C@H]1Oc2cc(C#Cc3ccc(F)cc3)ccc2S(=O)(=O)N([C@H](C)CO)C[C@H]1C. The van der Waals surface area contributed by atoms with Gasteiger partial charge in [-0.2, -0.15) is 4.31 Å². The summed E-state index contributed by atoms with van der Waals surface area (Å²) >= 11 is 0. The highest BCUT2D eigenvalue weighted by atomic mass is 32.2. The van der Waals surface area contributed by atoms with Gasteiger partial charge in [0.25, 0.3) is 0 Å². The van der Waals surface area contributed by atoms with Crippen molar-refractivity contribution in [3.8, 4) is 17.6 Å². The first kappa shape index (κ1) is 28.4. The van der Waals surface area contributed by atoms with E-state index in [2.05, 4.69) is 17.2 Å². The highest BCUT2D eigenvalue weighted by molar-refractivity contribution is 7.89. The number of urea groups is 1. The Balaban J connectivity index is 2.03. The molecule has 0 spiro atoms. The highest BCUT2D eigenvalue weighted by Crippen LogP contribution is 2.34. The predicted molar refractivity (Wildman–Crippen MR) is 139 cm³/mol. The van der Waals surface area contributed by atoms with Gasteiger partial charge in [-0.05, 0) is 63.2 Å². The summed E-state index contributed by atoms with van der Waals surface area (Å²) in [5.41, 5.74) is 1.12. The van der Waals surface area contributed by atoms with Crippen molar-refractivity contribution >= 4 is 16.1 Å². The molecule has 2 N–H and O–H groups in total. The molecular formula is C27H34FN3O5S. The Morgan fingerprint density at radius 1 is 1.19 bits per heavy atom. The van der Waals surface area contributed by atoms with Crippen LogP contribution in [0, 0.1) is 23.6 Å². The lowest BCUT2D eigenvalue weighted by Gasteiger charge is -2.37. The lowest BCUT2D eigenvalue weighted by molar-refractivity contribution is 0.0809. The van der Waals surface area contributed by atoms with Gasteiger partial charge >= 0.3 is 6.03 Å². The number of hydrogen-bond acceptors (Lipinski definition) is 5. The number of carbonyl (C=O) groups is 1. The third-order valence-corrected chi connectivity index (χ3v) is 8.09. The molecule has 0 fully saturated rings. The first-order valence-corrected chi connectivity index (χ1v) is 13.6. The molecule has 2 aromatic carbocycles. The minimum atomic E-state index is -3.99. The summed E-state index contributed by atoms with van der Waals surface area (Å²) in [5, 5.41) is 12.6. The second-order valence-electron chi connectivity index (χ2n) is 9.64. The number of aliphatic hydroxyl groups excluding tert-OH is 1. The number of ether oxygens (including phenoxy) is 1. The van der Waals surface area contributed by atoms with E-state index in [0.29, 0.717) is 11.1 Å². The summed E-state index contributed by atoms with van der Waals surface area (Å²) in [6, 6.07) is 9.37. The van der Waals surface area contributed by atoms with Crippen molar-refractivity contribution in [2.24, 2.45) is 5.92 Å². The van der Waals surface area contributed by atoms with Crippen molar-refractivity contribution in [1.29, 1.82) is 0 Å². The van der Waals surface area contributed by atoms with E-state index >= 15 is 0 Å². The number of sulfonamides is 1. The first-order valence-electron chi connectivity index (χ1n) is 12.1. The normalized spacial score (nSPS) is 19.9. The van der Waals surface area contributed by atoms with Gasteiger partial charge in [0.05, 0.1) is 13.2 Å². The minimum Gasteiger partial charge on any atom is -0.487 e. The second-order valence-corrected chi connectivity index (χ2v) is 11.5. The van der Waals surface area contributed by atoms with Crippen LogP contribution in [0.25, 0.3) is 0 Å². The van der Waals surface area contributed by atoms with Crippen molar-refractivity contribution in [3.05, 3.63) is 59.4 Å². The number of likely N-dealkylation sites (N-methyl/N-ethyl adjacent to an activating group) is 1. The molecule has 3 atom stereocenters. The standard InChI is InChI=1S/C27H34FN3O5S/c1-18(2)29-27(33)30(5)16-25-19(3)15-31(20(4)17-32)37(34,35)26-13-10-22(14-24(26)36-25)7-6-21-8-11-23(28)12-9-21/h8-14,18-20,25,32H,15-17H2,1-5H3,(H,29,33)/t19-,20-,25-/m1/s1. The van der Waals surface area contributed by atoms with Gasteiger partial charge in [0.1, 0.15) is 22.6 Å². The zero-order valence-electron chi connectivity index (χ0n) is 21.7. The Morgan fingerprint density at radius 3 is 2.43 bits per heavy atom. The third kappa shape index (κ3) is 7.01. The summed E-state index contributed by atoms with van der Waals surface area (Å²) < 4.78 is 47.9. The Labute approximate surface area is 218 Å². The number of amides is 2. The van der Waals surface area contributed by atoms with Crippen LogP contribution in [0.1, 0.15) is 38.8 Å². The lowest BCUT2D eigenvalue weighted by Crippen LogP contribution is -2.51. The molecule has 0 radical (unpaired) electrons. The smallest absolute Gasteiger partial charge is 0.317 e. The quantitative estimate of drug-likeness (QED) is 0.578. The van der Waals surface area contributed by atoms with E-state index in [9.17, 15) is 22.7 Å². The zero-order valence-corrected chi connectivity index (χ0v) is 22.5. The molecule has 1 aliphatic heterocycles.